The van der Waals surface area contributed by atoms with Gasteiger partial charge in [0.15, 0.2) is 5.17 Å². The van der Waals surface area contributed by atoms with E-state index in [2.05, 4.69) is 5.32 Å². The lowest BCUT2D eigenvalue weighted by Gasteiger charge is -2.11. The second-order valence-corrected chi connectivity index (χ2v) is 11.9. The third kappa shape index (κ3) is 14.2. The van der Waals surface area contributed by atoms with Crippen LogP contribution in [0.1, 0.15) is 22.8 Å². The van der Waals surface area contributed by atoms with E-state index >= 15 is 0 Å². The van der Waals surface area contributed by atoms with Crippen molar-refractivity contribution in [2.45, 2.75) is 29.7 Å². The fourth-order valence-corrected chi connectivity index (χ4v) is 4.11. The summed E-state index contributed by atoms with van der Waals surface area (Å²) >= 11 is 1.30. The van der Waals surface area contributed by atoms with Gasteiger partial charge in [-0.2, -0.15) is 16.8 Å². The molecular formula is C25H33N3O7S3. The van der Waals surface area contributed by atoms with Crippen molar-refractivity contribution >= 4 is 37.2 Å². The zero-order valence-corrected chi connectivity index (χ0v) is 23.4. The van der Waals surface area contributed by atoms with E-state index in [-0.39, 0.29) is 15.0 Å². The van der Waals surface area contributed by atoms with E-state index in [1.807, 2.05) is 44.2 Å². The van der Waals surface area contributed by atoms with Crippen molar-refractivity contribution in [1.82, 2.24) is 5.32 Å². The van der Waals surface area contributed by atoms with E-state index in [0.29, 0.717) is 6.54 Å². The average Bonchev–Trinajstić information content (AvgIpc) is 2.84. The van der Waals surface area contributed by atoms with Crippen molar-refractivity contribution < 1.29 is 31.0 Å². The van der Waals surface area contributed by atoms with Crippen LogP contribution < -0.4 is 11.1 Å². The van der Waals surface area contributed by atoms with Gasteiger partial charge in [0.1, 0.15) is 0 Å². The molecule has 0 amide bonds. The molecule has 0 heterocycles. The molecule has 13 heteroatoms. The van der Waals surface area contributed by atoms with E-state index in [1.165, 1.54) is 36.0 Å². The molecule has 0 fully saturated rings. The van der Waals surface area contributed by atoms with E-state index in [4.69, 9.17) is 20.2 Å². The van der Waals surface area contributed by atoms with Crippen molar-refractivity contribution in [1.29, 1.82) is 5.41 Å². The first-order valence-electron chi connectivity index (χ1n) is 11.2. The van der Waals surface area contributed by atoms with Gasteiger partial charge in [0.05, 0.1) is 15.9 Å². The average molecular weight is 584 g/mol. The summed E-state index contributed by atoms with van der Waals surface area (Å²) in [6, 6.07) is 21.5. The quantitative estimate of drug-likeness (QED) is 0.0991. The number of aryl methyl sites for hydroxylation is 2. The third-order valence-electron chi connectivity index (χ3n) is 4.70. The highest BCUT2D eigenvalue weighted by molar-refractivity contribution is 8.13. The molecule has 0 aromatic heterocycles. The van der Waals surface area contributed by atoms with Gasteiger partial charge in [-0.05, 0) is 43.7 Å². The lowest BCUT2D eigenvalue weighted by atomic mass is 10.1. The lowest BCUT2D eigenvalue weighted by Crippen LogP contribution is -2.24. The smallest absolute Gasteiger partial charge is 0.294 e. The summed E-state index contributed by atoms with van der Waals surface area (Å²) < 4.78 is 59.1. The van der Waals surface area contributed by atoms with Gasteiger partial charge in [-0.15, -0.1) is 0 Å². The van der Waals surface area contributed by atoms with Crippen LogP contribution in [0.15, 0.2) is 88.7 Å². The molecule has 0 saturated carbocycles. The molecule has 0 radical (unpaired) electrons. The Morgan fingerprint density at radius 2 is 1.26 bits per heavy atom. The Morgan fingerprint density at radius 3 is 1.63 bits per heavy atom. The van der Waals surface area contributed by atoms with Crippen molar-refractivity contribution in [2.75, 3.05) is 18.8 Å². The lowest BCUT2D eigenvalue weighted by molar-refractivity contribution is 0.176. The summed E-state index contributed by atoms with van der Waals surface area (Å²) in [6.45, 7) is 4.93. The maximum atomic E-state index is 10.5. The summed E-state index contributed by atoms with van der Waals surface area (Å²) in [6.07, 6.45) is -0.483. The molecule has 0 saturated heterocycles. The monoisotopic (exact) mass is 583 g/mol. The fourth-order valence-electron chi connectivity index (χ4n) is 2.69. The Hall–Kier alpha value is -2.78. The summed E-state index contributed by atoms with van der Waals surface area (Å²) in [5.74, 6) is 0.747. The highest BCUT2D eigenvalue weighted by atomic mass is 32.2. The van der Waals surface area contributed by atoms with Crippen LogP contribution >= 0.6 is 11.8 Å². The van der Waals surface area contributed by atoms with Gasteiger partial charge in [0, 0.05) is 18.8 Å². The molecular weight excluding hydrogens is 550 g/mol. The van der Waals surface area contributed by atoms with Gasteiger partial charge in [0.25, 0.3) is 20.2 Å². The second-order valence-electron chi connectivity index (χ2n) is 7.92. The van der Waals surface area contributed by atoms with Crippen LogP contribution in [0.25, 0.3) is 0 Å². The van der Waals surface area contributed by atoms with Crippen molar-refractivity contribution in [3.63, 3.8) is 0 Å². The number of amidine groups is 1. The number of nitrogens with two attached hydrogens (primary N) is 1. The molecule has 1 unspecified atom stereocenters. The summed E-state index contributed by atoms with van der Waals surface area (Å²) in [4.78, 5) is -0.133. The van der Waals surface area contributed by atoms with Crippen LogP contribution in [0, 0.1) is 19.3 Å². The van der Waals surface area contributed by atoms with Gasteiger partial charge in [-0.25, -0.2) is 0 Å². The first-order chi connectivity index (χ1) is 17.7. The Morgan fingerprint density at radius 1 is 0.842 bits per heavy atom. The minimum atomic E-state index is -4.02. The van der Waals surface area contributed by atoms with Gasteiger partial charge in [0.2, 0.25) is 0 Å². The third-order valence-corrected chi connectivity index (χ3v) is 7.15. The molecule has 38 heavy (non-hydrogen) atoms. The highest BCUT2D eigenvalue weighted by Crippen LogP contribution is 2.11. The molecule has 0 spiro atoms. The Balaban J connectivity index is 0.000000293. The predicted molar refractivity (Wildman–Crippen MR) is 151 cm³/mol. The largest absolute Gasteiger partial charge is 0.387 e. The number of thioether (sulfide) groups is 1. The minimum absolute atomic E-state index is 0.0666. The summed E-state index contributed by atoms with van der Waals surface area (Å²) in [5, 5.41) is 20.1. The predicted octanol–water partition coefficient (Wildman–Crippen LogP) is 3.42. The van der Waals surface area contributed by atoms with E-state index in [9.17, 15) is 21.9 Å². The van der Waals surface area contributed by atoms with Crippen LogP contribution in [-0.2, 0) is 20.2 Å². The maximum absolute atomic E-state index is 10.5. The number of benzene rings is 3. The summed E-state index contributed by atoms with van der Waals surface area (Å²) in [5.41, 5.74) is 8.02. The van der Waals surface area contributed by atoms with E-state index in [1.54, 1.807) is 24.3 Å². The molecule has 3 aromatic carbocycles. The van der Waals surface area contributed by atoms with E-state index in [0.717, 1.165) is 29.0 Å². The number of hydrogen-bond acceptors (Lipinski definition) is 8. The molecule has 1 atom stereocenters. The Kier molecular flexibility index (Phi) is 14.2. The molecule has 3 rings (SSSR count). The molecule has 10 nitrogen and oxygen atoms in total. The molecule has 0 aliphatic rings. The first-order valence-corrected chi connectivity index (χ1v) is 15.1. The van der Waals surface area contributed by atoms with Gasteiger partial charge in [-0.1, -0.05) is 77.5 Å². The number of aliphatic hydroxyl groups is 1. The highest BCUT2D eigenvalue weighted by Gasteiger charge is 2.08. The minimum Gasteiger partial charge on any atom is -0.387 e. The zero-order chi connectivity index (χ0) is 28.8. The second kappa shape index (κ2) is 16.2. The SMILES string of the molecule is Cc1ccc(S(=O)(=O)O)cc1.Cc1ccc(S(=O)(=O)O)cc1.N=C(N)SCCNCC(O)c1ccccc1. The number of aliphatic hydroxyl groups excluding tert-OH is 1. The molecule has 3 aromatic rings. The number of nitrogens with one attached hydrogen (secondary N) is 2. The maximum Gasteiger partial charge on any atom is 0.294 e. The molecule has 0 aliphatic heterocycles. The Labute approximate surface area is 228 Å². The summed E-state index contributed by atoms with van der Waals surface area (Å²) in [7, 11) is -8.04. The van der Waals surface area contributed by atoms with Gasteiger partial charge < -0.3 is 16.2 Å². The molecule has 208 valence electrons. The van der Waals surface area contributed by atoms with Crippen LogP contribution in [0.5, 0.6) is 0 Å². The van der Waals surface area contributed by atoms with Crippen LogP contribution in [0.2, 0.25) is 0 Å². The Bertz CT molecular complexity index is 1260. The van der Waals surface area contributed by atoms with Gasteiger partial charge >= 0.3 is 0 Å². The molecule has 0 bridgehead atoms. The normalized spacial score (nSPS) is 11.8. The van der Waals surface area contributed by atoms with Crippen molar-refractivity contribution in [2.24, 2.45) is 5.73 Å². The standard InChI is InChI=1S/C11H17N3OS.2C7H8O3S/c12-11(13)16-7-6-14-8-10(15)9-4-2-1-3-5-9;2*1-6-2-4-7(5-3-6)11(8,9)10/h1-5,10,14-15H,6-8H2,(H3,12,13);2*2-5H,1H3,(H,8,9,10). The fraction of sp³-hybridized carbons (Fsp3) is 0.240. The molecule has 0 aliphatic carbocycles. The van der Waals surface area contributed by atoms with Crippen LogP contribution in [0.3, 0.4) is 0 Å². The van der Waals surface area contributed by atoms with Gasteiger partial charge in [-0.3, -0.25) is 14.5 Å². The topological polar surface area (TPSA) is 191 Å². The van der Waals surface area contributed by atoms with Crippen LogP contribution in [-0.4, -0.2) is 55.1 Å². The number of hydrogen-bond donors (Lipinski definition) is 6. The van der Waals surface area contributed by atoms with E-state index < -0.39 is 26.3 Å². The van der Waals surface area contributed by atoms with Crippen molar-refractivity contribution in [3.05, 3.63) is 95.6 Å². The zero-order valence-electron chi connectivity index (χ0n) is 21.0. The van der Waals surface area contributed by atoms with Crippen molar-refractivity contribution in [3.8, 4) is 0 Å². The van der Waals surface area contributed by atoms with Crippen LogP contribution in [0.4, 0.5) is 0 Å². The molecule has 7 N–H and O–H groups in total. The first kappa shape index (κ1) is 33.2. The number of rotatable bonds is 8.